The second-order valence-electron chi connectivity index (χ2n) is 5.55. The zero-order valence-corrected chi connectivity index (χ0v) is 13.7. The summed E-state index contributed by atoms with van der Waals surface area (Å²) in [6.45, 7) is 7.77. The van der Waals surface area contributed by atoms with Crippen LogP contribution in [0.5, 0.6) is 5.75 Å². The molecule has 1 aromatic rings. The number of benzene rings is 1. The van der Waals surface area contributed by atoms with E-state index in [9.17, 15) is 8.42 Å². The van der Waals surface area contributed by atoms with Crippen LogP contribution in [0.1, 0.15) is 27.2 Å². The molecule has 2 rings (SSSR count). The van der Waals surface area contributed by atoms with Crippen LogP contribution in [0.3, 0.4) is 0 Å². The topological polar surface area (TPSA) is 58.6 Å². The Morgan fingerprint density at radius 1 is 1.29 bits per heavy atom. The molecule has 1 heterocycles. The normalized spacial score (nSPS) is 24.0. The Labute approximate surface area is 127 Å². The number of piperazine rings is 1. The summed E-state index contributed by atoms with van der Waals surface area (Å²) in [5.41, 5.74) is 0. The van der Waals surface area contributed by atoms with Crippen LogP contribution in [-0.2, 0) is 10.0 Å². The van der Waals surface area contributed by atoms with Crippen LogP contribution in [0.25, 0.3) is 0 Å². The van der Waals surface area contributed by atoms with Crippen LogP contribution in [-0.4, -0.2) is 44.5 Å². The van der Waals surface area contributed by atoms with E-state index in [1.54, 1.807) is 28.6 Å². The van der Waals surface area contributed by atoms with E-state index in [0.717, 1.165) is 6.42 Å². The third kappa shape index (κ3) is 3.75. The van der Waals surface area contributed by atoms with Crippen LogP contribution in [0.2, 0.25) is 0 Å². The van der Waals surface area contributed by atoms with Crippen molar-refractivity contribution >= 4 is 10.0 Å². The molecule has 2 unspecified atom stereocenters. The van der Waals surface area contributed by atoms with E-state index in [0.29, 0.717) is 30.3 Å². The van der Waals surface area contributed by atoms with Gasteiger partial charge in [-0.05, 0) is 44.5 Å². The summed E-state index contributed by atoms with van der Waals surface area (Å²) >= 11 is 0. The number of sulfonamides is 1. The monoisotopic (exact) mass is 312 g/mol. The standard InChI is InChI=1S/C15H24N2O3S/c1-4-9-20-14-5-7-15(8-6-14)21(18,19)17-11-12(2)16-10-13(17)3/h5-8,12-13,16H,4,9-11H2,1-3H3. The Morgan fingerprint density at radius 2 is 1.95 bits per heavy atom. The number of nitrogens with zero attached hydrogens (tertiary/aromatic N) is 1. The van der Waals surface area contributed by atoms with E-state index < -0.39 is 10.0 Å². The third-order valence-corrected chi connectivity index (χ3v) is 5.60. The molecule has 0 aromatic heterocycles. The Bertz CT molecular complexity index is 557. The van der Waals surface area contributed by atoms with Crippen molar-refractivity contribution in [2.45, 2.75) is 44.2 Å². The van der Waals surface area contributed by atoms with Crippen LogP contribution in [0.4, 0.5) is 0 Å². The zero-order valence-electron chi connectivity index (χ0n) is 12.9. The maximum absolute atomic E-state index is 12.7. The fourth-order valence-electron chi connectivity index (χ4n) is 2.39. The lowest BCUT2D eigenvalue weighted by Crippen LogP contribution is -2.56. The predicted octanol–water partition coefficient (Wildman–Crippen LogP) is 1.85. The SMILES string of the molecule is CCCOc1ccc(S(=O)(=O)N2CC(C)NCC2C)cc1. The highest BCUT2D eigenvalue weighted by Crippen LogP contribution is 2.23. The molecule has 1 fully saturated rings. The average Bonchev–Trinajstić information content (AvgIpc) is 2.48. The maximum atomic E-state index is 12.7. The Morgan fingerprint density at radius 3 is 2.57 bits per heavy atom. The molecule has 1 aliphatic rings. The second kappa shape index (κ2) is 6.77. The molecule has 0 spiro atoms. The summed E-state index contributed by atoms with van der Waals surface area (Å²) in [6, 6.07) is 6.82. The summed E-state index contributed by atoms with van der Waals surface area (Å²) in [5, 5.41) is 3.29. The van der Waals surface area contributed by atoms with Crippen LogP contribution in [0, 0.1) is 0 Å². The Kier molecular flexibility index (Phi) is 5.24. The first-order valence-electron chi connectivity index (χ1n) is 7.43. The number of hydrogen-bond donors (Lipinski definition) is 1. The average molecular weight is 312 g/mol. The van der Waals surface area contributed by atoms with Crippen molar-refractivity contribution in [3.63, 3.8) is 0 Å². The number of ether oxygens (including phenoxy) is 1. The van der Waals surface area contributed by atoms with E-state index in [-0.39, 0.29) is 12.1 Å². The summed E-state index contributed by atoms with van der Waals surface area (Å²) < 4.78 is 32.5. The first-order chi connectivity index (χ1) is 9.95. The largest absolute Gasteiger partial charge is 0.494 e. The summed E-state index contributed by atoms with van der Waals surface area (Å²) in [4.78, 5) is 0.326. The minimum absolute atomic E-state index is 0.0396. The van der Waals surface area contributed by atoms with Crippen LogP contribution >= 0.6 is 0 Å². The van der Waals surface area contributed by atoms with Crippen molar-refractivity contribution in [2.75, 3.05) is 19.7 Å². The lowest BCUT2D eigenvalue weighted by atomic mass is 10.2. The molecule has 1 N–H and O–H groups in total. The molecule has 21 heavy (non-hydrogen) atoms. The van der Waals surface area contributed by atoms with E-state index >= 15 is 0 Å². The van der Waals surface area contributed by atoms with Gasteiger partial charge in [-0.2, -0.15) is 4.31 Å². The van der Waals surface area contributed by atoms with Crippen molar-refractivity contribution in [1.29, 1.82) is 0 Å². The Hall–Kier alpha value is -1.11. The highest BCUT2D eigenvalue weighted by molar-refractivity contribution is 7.89. The molecule has 0 saturated carbocycles. The molecule has 1 aliphatic heterocycles. The molecule has 2 atom stereocenters. The molecule has 1 saturated heterocycles. The zero-order chi connectivity index (χ0) is 15.5. The van der Waals surface area contributed by atoms with Gasteiger partial charge in [-0.1, -0.05) is 6.92 Å². The quantitative estimate of drug-likeness (QED) is 0.901. The molecule has 5 nitrogen and oxygen atoms in total. The number of rotatable bonds is 5. The molecule has 0 aliphatic carbocycles. The van der Waals surface area contributed by atoms with Gasteiger partial charge in [0.2, 0.25) is 10.0 Å². The number of hydrogen-bond acceptors (Lipinski definition) is 4. The van der Waals surface area contributed by atoms with Crippen molar-refractivity contribution in [1.82, 2.24) is 9.62 Å². The van der Waals surface area contributed by atoms with E-state index in [1.165, 1.54) is 0 Å². The van der Waals surface area contributed by atoms with Gasteiger partial charge in [0.25, 0.3) is 0 Å². The highest BCUT2D eigenvalue weighted by Gasteiger charge is 2.33. The fourth-order valence-corrected chi connectivity index (χ4v) is 4.11. The fraction of sp³-hybridized carbons (Fsp3) is 0.600. The molecule has 0 amide bonds. The van der Waals surface area contributed by atoms with Gasteiger partial charge in [0, 0.05) is 25.2 Å². The molecule has 1 aromatic carbocycles. The van der Waals surface area contributed by atoms with E-state index in [1.807, 2.05) is 20.8 Å². The Balaban J connectivity index is 2.18. The smallest absolute Gasteiger partial charge is 0.243 e. The molecule has 0 bridgehead atoms. The summed E-state index contributed by atoms with van der Waals surface area (Å²) in [7, 11) is -3.44. The summed E-state index contributed by atoms with van der Waals surface area (Å²) in [5.74, 6) is 0.706. The lowest BCUT2D eigenvalue weighted by molar-refractivity contribution is 0.244. The first kappa shape index (κ1) is 16.3. The molecular weight excluding hydrogens is 288 g/mol. The van der Waals surface area contributed by atoms with Crippen molar-refractivity contribution in [3.05, 3.63) is 24.3 Å². The highest BCUT2D eigenvalue weighted by atomic mass is 32.2. The molecule has 118 valence electrons. The van der Waals surface area contributed by atoms with Gasteiger partial charge in [-0.25, -0.2) is 8.42 Å². The minimum Gasteiger partial charge on any atom is -0.494 e. The van der Waals surface area contributed by atoms with Crippen LogP contribution in [0.15, 0.2) is 29.2 Å². The lowest BCUT2D eigenvalue weighted by Gasteiger charge is -2.36. The number of nitrogens with one attached hydrogen (secondary N) is 1. The maximum Gasteiger partial charge on any atom is 0.243 e. The molecule has 6 heteroatoms. The minimum atomic E-state index is -3.44. The van der Waals surface area contributed by atoms with Gasteiger partial charge in [-0.3, -0.25) is 0 Å². The second-order valence-corrected chi connectivity index (χ2v) is 7.44. The van der Waals surface area contributed by atoms with Crippen molar-refractivity contribution in [2.24, 2.45) is 0 Å². The van der Waals surface area contributed by atoms with Gasteiger partial charge in [-0.15, -0.1) is 0 Å². The molecular formula is C15H24N2O3S. The van der Waals surface area contributed by atoms with E-state index in [4.69, 9.17) is 4.74 Å². The van der Waals surface area contributed by atoms with Gasteiger partial charge in [0.05, 0.1) is 11.5 Å². The van der Waals surface area contributed by atoms with Crippen LogP contribution < -0.4 is 10.1 Å². The van der Waals surface area contributed by atoms with Crippen molar-refractivity contribution < 1.29 is 13.2 Å². The van der Waals surface area contributed by atoms with Gasteiger partial charge < -0.3 is 10.1 Å². The predicted molar refractivity (Wildman–Crippen MR) is 83.0 cm³/mol. The van der Waals surface area contributed by atoms with Crippen molar-refractivity contribution in [3.8, 4) is 5.75 Å². The van der Waals surface area contributed by atoms with Gasteiger partial charge in [0.1, 0.15) is 5.75 Å². The molecule has 0 radical (unpaired) electrons. The summed E-state index contributed by atoms with van der Waals surface area (Å²) in [6.07, 6.45) is 0.927. The van der Waals surface area contributed by atoms with E-state index in [2.05, 4.69) is 5.32 Å². The van der Waals surface area contributed by atoms with Gasteiger partial charge in [0.15, 0.2) is 0 Å². The van der Waals surface area contributed by atoms with Gasteiger partial charge >= 0.3 is 0 Å². The first-order valence-corrected chi connectivity index (χ1v) is 8.87. The third-order valence-electron chi connectivity index (χ3n) is 3.61.